The predicted molar refractivity (Wildman–Crippen MR) is 75.0 cm³/mol. The first-order chi connectivity index (χ1) is 10.1. The topological polar surface area (TPSA) is 80.9 Å². The standard InChI is InChI=1S/C13H9FN4O2S/c14-8-2-1-3-9(4-8)18-7-16-10-5-15-13(17-12(10)18)21-6-11(19)20/h1-5,7H,6H2,(H,19,20). The summed E-state index contributed by atoms with van der Waals surface area (Å²) in [6, 6.07) is 6.05. The molecular weight excluding hydrogens is 295 g/mol. The van der Waals surface area contributed by atoms with Crippen LogP contribution in [0.4, 0.5) is 4.39 Å². The minimum absolute atomic E-state index is 0.125. The van der Waals surface area contributed by atoms with Gasteiger partial charge < -0.3 is 5.11 Å². The van der Waals surface area contributed by atoms with E-state index in [2.05, 4.69) is 15.0 Å². The smallest absolute Gasteiger partial charge is 0.313 e. The molecular formula is C13H9FN4O2S. The summed E-state index contributed by atoms with van der Waals surface area (Å²) >= 11 is 1.02. The number of aliphatic carboxylic acids is 1. The third kappa shape index (κ3) is 2.84. The van der Waals surface area contributed by atoms with Crippen LogP contribution < -0.4 is 0 Å². The van der Waals surface area contributed by atoms with Crippen LogP contribution in [-0.2, 0) is 4.79 Å². The molecule has 106 valence electrons. The van der Waals surface area contributed by atoms with Gasteiger partial charge in [-0.2, -0.15) is 0 Å². The van der Waals surface area contributed by atoms with Gasteiger partial charge in [0, 0.05) is 0 Å². The van der Waals surface area contributed by atoms with Gasteiger partial charge in [-0.1, -0.05) is 17.8 Å². The van der Waals surface area contributed by atoms with Gasteiger partial charge in [0.15, 0.2) is 10.8 Å². The number of imidazole rings is 1. The molecule has 2 heterocycles. The first-order valence-corrected chi connectivity index (χ1v) is 6.92. The Morgan fingerprint density at radius 1 is 1.38 bits per heavy atom. The van der Waals surface area contributed by atoms with Gasteiger partial charge in [0.25, 0.3) is 0 Å². The fourth-order valence-corrected chi connectivity index (χ4v) is 2.34. The summed E-state index contributed by atoms with van der Waals surface area (Å²) in [5.74, 6) is -1.43. The Balaban J connectivity index is 2.03. The molecule has 3 aromatic rings. The third-order valence-electron chi connectivity index (χ3n) is 2.68. The Labute approximate surface area is 122 Å². The molecule has 0 aliphatic carbocycles. The van der Waals surface area contributed by atoms with Crippen molar-refractivity contribution in [2.45, 2.75) is 5.16 Å². The molecule has 0 saturated heterocycles. The van der Waals surface area contributed by atoms with Crippen molar-refractivity contribution in [1.29, 1.82) is 0 Å². The van der Waals surface area contributed by atoms with Crippen LogP contribution in [0, 0.1) is 5.82 Å². The predicted octanol–water partition coefficient (Wildman–Crippen LogP) is 2.13. The fourth-order valence-electron chi connectivity index (χ4n) is 1.80. The van der Waals surface area contributed by atoms with E-state index < -0.39 is 5.97 Å². The van der Waals surface area contributed by atoms with Crippen LogP contribution in [-0.4, -0.2) is 36.3 Å². The van der Waals surface area contributed by atoms with E-state index in [9.17, 15) is 9.18 Å². The minimum Gasteiger partial charge on any atom is -0.481 e. The van der Waals surface area contributed by atoms with Crippen molar-refractivity contribution in [1.82, 2.24) is 19.5 Å². The summed E-state index contributed by atoms with van der Waals surface area (Å²) in [5.41, 5.74) is 1.65. The molecule has 0 radical (unpaired) electrons. The average Bonchev–Trinajstić information content (AvgIpc) is 2.88. The maximum absolute atomic E-state index is 13.3. The molecule has 0 aliphatic rings. The molecule has 0 spiro atoms. The second-order valence-corrected chi connectivity index (χ2v) is 5.08. The first kappa shape index (κ1) is 13.5. The van der Waals surface area contributed by atoms with Gasteiger partial charge in [-0.05, 0) is 18.2 Å². The molecule has 3 rings (SSSR count). The van der Waals surface area contributed by atoms with Crippen LogP contribution in [0.5, 0.6) is 0 Å². The van der Waals surface area contributed by atoms with Crippen molar-refractivity contribution in [2.24, 2.45) is 0 Å². The van der Waals surface area contributed by atoms with Gasteiger partial charge in [0.05, 0.1) is 17.6 Å². The molecule has 2 aromatic heterocycles. The Bertz CT molecular complexity index is 821. The lowest BCUT2D eigenvalue weighted by Gasteiger charge is -2.04. The quantitative estimate of drug-likeness (QED) is 0.587. The summed E-state index contributed by atoms with van der Waals surface area (Å²) in [7, 11) is 0. The largest absolute Gasteiger partial charge is 0.481 e. The van der Waals surface area contributed by atoms with E-state index in [0.29, 0.717) is 22.0 Å². The van der Waals surface area contributed by atoms with Crippen molar-refractivity contribution in [2.75, 3.05) is 5.75 Å². The number of carbonyl (C=O) groups is 1. The fraction of sp³-hybridized carbons (Fsp3) is 0.0769. The van der Waals surface area contributed by atoms with Gasteiger partial charge in [-0.3, -0.25) is 9.36 Å². The van der Waals surface area contributed by atoms with Crippen molar-refractivity contribution < 1.29 is 14.3 Å². The molecule has 8 heteroatoms. The van der Waals surface area contributed by atoms with Crippen LogP contribution in [0.2, 0.25) is 0 Å². The third-order valence-corrected chi connectivity index (χ3v) is 3.53. The number of rotatable bonds is 4. The van der Waals surface area contributed by atoms with E-state index in [0.717, 1.165) is 11.8 Å². The van der Waals surface area contributed by atoms with Crippen molar-refractivity contribution in [3.8, 4) is 5.69 Å². The Kier molecular flexibility index (Phi) is 3.53. The number of thioether (sulfide) groups is 1. The normalized spacial score (nSPS) is 10.9. The van der Waals surface area contributed by atoms with Crippen LogP contribution in [0.15, 0.2) is 41.9 Å². The lowest BCUT2D eigenvalue weighted by molar-refractivity contribution is -0.133. The zero-order chi connectivity index (χ0) is 14.8. The van der Waals surface area contributed by atoms with Crippen molar-refractivity contribution >= 4 is 28.9 Å². The second kappa shape index (κ2) is 5.49. The van der Waals surface area contributed by atoms with Crippen LogP contribution in [0.1, 0.15) is 0 Å². The maximum Gasteiger partial charge on any atom is 0.313 e. The van der Waals surface area contributed by atoms with E-state index in [-0.39, 0.29) is 11.6 Å². The SMILES string of the molecule is O=C(O)CSc1ncc2ncn(-c3cccc(F)c3)c2n1. The highest BCUT2D eigenvalue weighted by Gasteiger charge is 2.10. The van der Waals surface area contributed by atoms with Crippen LogP contribution in [0.25, 0.3) is 16.9 Å². The lowest BCUT2D eigenvalue weighted by Crippen LogP contribution is -2.00. The number of carboxylic acids is 1. The molecule has 0 aliphatic heterocycles. The van der Waals surface area contributed by atoms with E-state index in [1.807, 2.05) is 0 Å². The molecule has 0 saturated carbocycles. The molecule has 0 atom stereocenters. The number of benzene rings is 1. The Hall–Kier alpha value is -2.48. The van der Waals surface area contributed by atoms with Gasteiger partial charge in [0.1, 0.15) is 17.7 Å². The molecule has 1 N–H and O–H groups in total. The van der Waals surface area contributed by atoms with E-state index in [4.69, 9.17) is 5.11 Å². The molecule has 0 fully saturated rings. The maximum atomic E-state index is 13.3. The Morgan fingerprint density at radius 2 is 2.24 bits per heavy atom. The summed E-state index contributed by atoms with van der Waals surface area (Å²) in [6.45, 7) is 0. The summed E-state index contributed by atoms with van der Waals surface area (Å²) < 4.78 is 14.9. The monoisotopic (exact) mass is 304 g/mol. The highest BCUT2D eigenvalue weighted by molar-refractivity contribution is 7.99. The summed E-state index contributed by atoms with van der Waals surface area (Å²) in [5, 5.41) is 9.01. The van der Waals surface area contributed by atoms with Gasteiger partial charge in [-0.25, -0.2) is 19.3 Å². The summed E-state index contributed by atoms with van der Waals surface area (Å²) in [6.07, 6.45) is 3.04. The zero-order valence-electron chi connectivity index (χ0n) is 10.6. The van der Waals surface area contributed by atoms with E-state index in [1.165, 1.54) is 24.7 Å². The number of nitrogens with zero attached hydrogens (tertiary/aromatic N) is 4. The van der Waals surface area contributed by atoms with Crippen LogP contribution in [0.3, 0.4) is 0 Å². The Morgan fingerprint density at radius 3 is 3.00 bits per heavy atom. The van der Waals surface area contributed by atoms with E-state index in [1.54, 1.807) is 16.7 Å². The molecule has 0 amide bonds. The number of aromatic nitrogens is 4. The number of hydrogen-bond donors (Lipinski definition) is 1. The van der Waals surface area contributed by atoms with Gasteiger partial charge >= 0.3 is 5.97 Å². The minimum atomic E-state index is -0.942. The van der Waals surface area contributed by atoms with Crippen molar-refractivity contribution in [3.63, 3.8) is 0 Å². The molecule has 0 bridgehead atoms. The highest BCUT2D eigenvalue weighted by atomic mass is 32.2. The zero-order valence-corrected chi connectivity index (χ0v) is 11.4. The first-order valence-electron chi connectivity index (χ1n) is 5.94. The highest BCUT2D eigenvalue weighted by Crippen LogP contribution is 2.20. The number of halogens is 1. The second-order valence-electron chi connectivity index (χ2n) is 4.14. The van der Waals surface area contributed by atoms with E-state index >= 15 is 0 Å². The average molecular weight is 304 g/mol. The summed E-state index contributed by atoms with van der Waals surface area (Å²) in [4.78, 5) is 23.0. The number of fused-ring (bicyclic) bond motifs is 1. The van der Waals surface area contributed by atoms with Crippen LogP contribution >= 0.6 is 11.8 Å². The molecule has 0 unspecified atom stereocenters. The molecule has 21 heavy (non-hydrogen) atoms. The number of hydrogen-bond acceptors (Lipinski definition) is 5. The molecule has 6 nitrogen and oxygen atoms in total. The number of carboxylic acid groups (broad SMARTS) is 1. The van der Waals surface area contributed by atoms with Gasteiger partial charge in [0.2, 0.25) is 0 Å². The van der Waals surface area contributed by atoms with Crippen molar-refractivity contribution in [3.05, 3.63) is 42.6 Å². The lowest BCUT2D eigenvalue weighted by atomic mass is 10.3. The molecule has 1 aromatic carbocycles. The van der Waals surface area contributed by atoms with Gasteiger partial charge in [-0.15, -0.1) is 0 Å².